The number of aromatic nitrogens is 1. The molecule has 2 aromatic rings. The fraction of sp³-hybridized carbons (Fsp3) is 0.375. The minimum Gasteiger partial charge on any atom is -0.352 e. The molecule has 20 heavy (non-hydrogen) atoms. The molecule has 0 spiro atoms. The van der Waals surface area contributed by atoms with E-state index in [1.807, 2.05) is 18.2 Å². The number of halogens is 2. The zero-order chi connectivity index (χ0) is 14.9. The lowest BCUT2D eigenvalue weighted by Crippen LogP contribution is -2.18. The number of benzene rings is 1. The first-order valence-electron chi connectivity index (χ1n) is 6.70. The normalized spacial score (nSPS) is 12.7. The lowest BCUT2D eigenvalue weighted by atomic mass is 10.1. The standard InChI is InChI=1S/C16H20Cl2N2/c1-10-7-14(12(3)20(10)4)9-19-11(2)13-5-6-15(17)16(18)8-13/h5-8,11,19H,9H2,1-4H3. The first kappa shape index (κ1) is 15.4. The molecule has 0 amide bonds. The van der Waals surface area contributed by atoms with Gasteiger partial charge in [0.25, 0.3) is 0 Å². The number of rotatable bonds is 4. The van der Waals surface area contributed by atoms with E-state index in [1.54, 1.807) is 0 Å². The largest absolute Gasteiger partial charge is 0.352 e. The van der Waals surface area contributed by atoms with Crippen LogP contribution in [0.15, 0.2) is 24.3 Å². The third-order valence-corrected chi connectivity index (χ3v) is 4.66. The van der Waals surface area contributed by atoms with E-state index in [9.17, 15) is 0 Å². The minimum absolute atomic E-state index is 0.227. The van der Waals surface area contributed by atoms with Crippen LogP contribution in [0.2, 0.25) is 10.0 Å². The molecule has 0 aliphatic heterocycles. The van der Waals surface area contributed by atoms with Crippen LogP contribution < -0.4 is 5.32 Å². The topological polar surface area (TPSA) is 17.0 Å². The van der Waals surface area contributed by atoms with Crippen LogP contribution in [0.4, 0.5) is 0 Å². The highest BCUT2D eigenvalue weighted by Gasteiger charge is 2.10. The van der Waals surface area contributed by atoms with Crippen molar-refractivity contribution in [1.29, 1.82) is 0 Å². The Morgan fingerprint density at radius 3 is 2.40 bits per heavy atom. The Morgan fingerprint density at radius 1 is 1.15 bits per heavy atom. The number of hydrogen-bond acceptors (Lipinski definition) is 1. The van der Waals surface area contributed by atoms with Crippen LogP contribution in [0.1, 0.15) is 35.5 Å². The summed E-state index contributed by atoms with van der Waals surface area (Å²) in [7, 11) is 2.09. The predicted molar refractivity (Wildman–Crippen MR) is 86.6 cm³/mol. The first-order chi connectivity index (χ1) is 9.40. The van der Waals surface area contributed by atoms with Crippen LogP contribution in [0.3, 0.4) is 0 Å². The summed E-state index contributed by atoms with van der Waals surface area (Å²) in [6.07, 6.45) is 0. The molecule has 1 unspecified atom stereocenters. The minimum atomic E-state index is 0.227. The molecule has 0 fully saturated rings. The van der Waals surface area contributed by atoms with E-state index in [1.165, 1.54) is 17.0 Å². The van der Waals surface area contributed by atoms with Crippen molar-refractivity contribution in [1.82, 2.24) is 9.88 Å². The Bertz CT molecular complexity index is 617. The van der Waals surface area contributed by atoms with Crippen molar-refractivity contribution < 1.29 is 0 Å². The van der Waals surface area contributed by atoms with Crippen molar-refractivity contribution in [2.24, 2.45) is 7.05 Å². The highest BCUT2D eigenvalue weighted by Crippen LogP contribution is 2.25. The van der Waals surface area contributed by atoms with Crippen LogP contribution in [0.25, 0.3) is 0 Å². The van der Waals surface area contributed by atoms with Crippen molar-refractivity contribution in [3.8, 4) is 0 Å². The van der Waals surface area contributed by atoms with Gasteiger partial charge in [-0.25, -0.2) is 0 Å². The summed E-state index contributed by atoms with van der Waals surface area (Å²) in [6, 6.07) is 8.23. The molecule has 1 heterocycles. The molecule has 0 radical (unpaired) electrons. The molecular formula is C16H20Cl2N2. The maximum absolute atomic E-state index is 6.06. The SMILES string of the molecule is Cc1cc(CNC(C)c2ccc(Cl)c(Cl)c2)c(C)n1C. The summed E-state index contributed by atoms with van der Waals surface area (Å²) in [5, 5.41) is 4.72. The summed E-state index contributed by atoms with van der Waals surface area (Å²) in [5.74, 6) is 0. The number of hydrogen-bond donors (Lipinski definition) is 1. The van der Waals surface area contributed by atoms with Crippen molar-refractivity contribution in [3.05, 3.63) is 56.8 Å². The van der Waals surface area contributed by atoms with Gasteiger partial charge in [0.05, 0.1) is 10.0 Å². The summed E-state index contributed by atoms with van der Waals surface area (Å²) in [6.45, 7) is 7.24. The third-order valence-electron chi connectivity index (χ3n) is 3.92. The molecule has 4 heteroatoms. The molecule has 1 aromatic heterocycles. The summed E-state index contributed by atoms with van der Waals surface area (Å²) in [5.41, 5.74) is 5.06. The quantitative estimate of drug-likeness (QED) is 0.858. The molecule has 0 saturated carbocycles. The van der Waals surface area contributed by atoms with Gasteiger partial charge in [0, 0.05) is 31.0 Å². The van der Waals surface area contributed by atoms with Gasteiger partial charge in [-0.15, -0.1) is 0 Å². The van der Waals surface area contributed by atoms with Gasteiger partial charge in [0.15, 0.2) is 0 Å². The molecule has 1 atom stereocenters. The fourth-order valence-corrected chi connectivity index (χ4v) is 2.58. The molecule has 2 nitrogen and oxygen atoms in total. The van der Waals surface area contributed by atoms with Crippen LogP contribution in [0, 0.1) is 13.8 Å². The summed E-state index contributed by atoms with van der Waals surface area (Å²) < 4.78 is 2.21. The van der Waals surface area contributed by atoms with E-state index in [-0.39, 0.29) is 6.04 Å². The first-order valence-corrected chi connectivity index (χ1v) is 7.46. The van der Waals surface area contributed by atoms with E-state index in [4.69, 9.17) is 23.2 Å². The summed E-state index contributed by atoms with van der Waals surface area (Å²) in [4.78, 5) is 0. The van der Waals surface area contributed by atoms with Gasteiger partial charge in [0.2, 0.25) is 0 Å². The lowest BCUT2D eigenvalue weighted by molar-refractivity contribution is 0.572. The maximum atomic E-state index is 6.06. The second-order valence-electron chi connectivity index (χ2n) is 5.23. The molecule has 0 aliphatic rings. The van der Waals surface area contributed by atoms with Crippen molar-refractivity contribution >= 4 is 23.2 Å². The second-order valence-corrected chi connectivity index (χ2v) is 6.05. The number of nitrogens with zero attached hydrogens (tertiary/aromatic N) is 1. The predicted octanol–water partition coefficient (Wildman–Crippen LogP) is 4.80. The van der Waals surface area contributed by atoms with E-state index < -0.39 is 0 Å². The van der Waals surface area contributed by atoms with E-state index in [2.05, 4.69) is 43.8 Å². The maximum Gasteiger partial charge on any atom is 0.0595 e. The zero-order valence-corrected chi connectivity index (χ0v) is 13.8. The van der Waals surface area contributed by atoms with Crippen LogP contribution >= 0.6 is 23.2 Å². The Kier molecular flexibility index (Phi) is 4.79. The lowest BCUT2D eigenvalue weighted by Gasteiger charge is -2.15. The number of aryl methyl sites for hydroxylation is 1. The molecule has 1 aromatic carbocycles. The van der Waals surface area contributed by atoms with Gasteiger partial charge >= 0.3 is 0 Å². The smallest absolute Gasteiger partial charge is 0.0595 e. The van der Waals surface area contributed by atoms with Crippen molar-refractivity contribution in [2.75, 3.05) is 0 Å². The molecule has 0 bridgehead atoms. The molecule has 108 valence electrons. The Labute approximate surface area is 130 Å². The van der Waals surface area contributed by atoms with E-state index in [0.717, 1.165) is 12.1 Å². The van der Waals surface area contributed by atoms with Gasteiger partial charge in [0.1, 0.15) is 0 Å². The average Bonchev–Trinajstić information content (AvgIpc) is 2.66. The van der Waals surface area contributed by atoms with Crippen LogP contribution in [0.5, 0.6) is 0 Å². The van der Waals surface area contributed by atoms with Gasteiger partial charge in [-0.3, -0.25) is 0 Å². The van der Waals surface area contributed by atoms with Crippen molar-refractivity contribution in [2.45, 2.75) is 33.4 Å². The molecular weight excluding hydrogens is 291 g/mol. The van der Waals surface area contributed by atoms with Crippen LogP contribution in [-0.4, -0.2) is 4.57 Å². The highest BCUT2D eigenvalue weighted by atomic mass is 35.5. The van der Waals surface area contributed by atoms with Gasteiger partial charge in [-0.1, -0.05) is 29.3 Å². The van der Waals surface area contributed by atoms with Gasteiger partial charge < -0.3 is 9.88 Å². The third kappa shape index (κ3) is 3.20. The molecule has 2 rings (SSSR count). The average molecular weight is 311 g/mol. The molecule has 1 N–H and O–H groups in total. The molecule has 0 saturated heterocycles. The Hall–Kier alpha value is -0.960. The van der Waals surface area contributed by atoms with Gasteiger partial charge in [-0.2, -0.15) is 0 Å². The highest BCUT2D eigenvalue weighted by molar-refractivity contribution is 6.42. The van der Waals surface area contributed by atoms with E-state index >= 15 is 0 Å². The Morgan fingerprint density at radius 2 is 1.85 bits per heavy atom. The molecule has 0 aliphatic carbocycles. The van der Waals surface area contributed by atoms with Gasteiger partial charge in [-0.05, 0) is 50.1 Å². The van der Waals surface area contributed by atoms with Crippen LogP contribution in [-0.2, 0) is 13.6 Å². The monoisotopic (exact) mass is 310 g/mol. The Balaban J connectivity index is 2.06. The summed E-state index contributed by atoms with van der Waals surface area (Å²) >= 11 is 12.0. The van der Waals surface area contributed by atoms with E-state index in [0.29, 0.717) is 10.0 Å². The zero-order valence-electron chi connectivity index (χ0n) is 12.3. The fourth-order valence-electron chi connectivity index (χ4n) is 2.27. The number of nitrogens with one attached hydrogen (secondary N) is 1. The second kappa shape index (κ2) is 6.21. The van der Waals surface area contributed by atoms with Crippen molar-refractivity contribution in [3.63, 3.8) is 0 Å².